The Labute approximate surface area is 224 Å². The highest BCUT2D eigenvalue weighted by Crippen LogP contribution is 2.24. The van der Waals surface area contributed by atoms with Gasteiger partial charge in [0, 0.05) is 26.1 Å². The quantitative estimate of drug-likeness (QED) is 0.345. The van der Waals surface area contributed by atoms with Crippen molar-refractivity contribution in [2.45, 2.75) is 59.0 Å². The lowest BCUT2D eigenvalue weighted by Gasteiger charge is -2.29. The van der Waals surface area contributed by atoms with Crippen LogP contribution in [-0.4, -0.2) is 50.5 Å². The molecule has 2 amide bonds. The number of benzene rings is 2. The summed E-state index contributed by atoms with van der Waals surface area (Å²) >= 11 is 12.2. The molecule has 198 valence electrons. The molecular weight excluding hydrogens is 521 g/mol. The summed E-state index contributed by atoms with van der Waals surface area (Å²) in [6.07, 6.45) is 3.31. The minimum Gasteiger partial charge on any atom is -0.354 e. The largest absolute Gasteiger partial charge is 0.354 e. The maximum Gasteiger partial charge on any atom is 0.242 e. The Hall–Kier alpha value is -2.29. The van der Waals surface area contributed by atoms with Crippen LogP contribution in [0.1, 0.15) is 50.7 Å². The van der Waals surface area contributed by atoms with Gasteiger partial charge in [-0.15, -0.1) is 0 Å². The Balaban J connectivity index is 2.16. The van der Waals surface area contributed by atoms with Crippen molar-refractivity contribution in [3.05, 3.63) is 63.6 Å². The van der Waals surface area contributed by atoms with Gasteiger partial charge in [-0.25, -0.2) is 8.42 Å². The summed E-state index contributed by atoms with van der Waals surface area (Å²) in [5.41, 5.74) is 2.31. The van der Waals surface area contributed by atoms with E-state index in [2.05, 4.69) is 5.32 Å². The van der Waals surface area contributed by atoms with Gasteiger partial charge in [0.2, 0.25) is 21.8 Å². The Morgan fingerprint density at radius 2 is 1.69 bits per heavy atom. The summed E-state index contributed by atoms with van der Waals surface area (Å²) in [4.78, 5) is 27.6. The van der Waals surface area contributed by atoms with Gasteiger partial charge in [0.25, 0.3) is 0 Å². The second kappa shape index (κ2) is 13.9. The Kier molecular flexibility index (Phi) is 11.5. The molecule has 0 saturated heterocycles. The first-order valence-electron chi connectivity index (χ1n) is 12.0. The van der Waals surface area contributed by atoms with Crippen molar-refractivity contribution < 1.29 is 18.0 Å². The van der Waals surface area contributed by atoms with E-state index in [0.29, 0.717) is 28.7 Å². The van der Waals surface area contributed by atoms with Gasteiger partial charge in [-0.05, 0) is 56.5 Å². The number of carbonyl (C=O) groups excluding carboxylic acids is 2. The molecule has 2 aromatic carbocycles. The molecule has 36 heavy (non-hydrogen) atoms. The lowest BCUT2D eigenvalue weighted by atomic mass is 10.1. The van der Waals surface area contributed by atoms with E-state index >= 15 is 0 Å². The third kappa shape index (κ3) is 8.98. The molecule has 0 heterocycles. The highest BCUT2D eigenvalue weighted by molar-refractivity contribution is 7.92. The standard InChI is InChI=1S/C26H35Cl2N3O4S/c1-5-6-15-29-26(33)20(3)30(18-21-11-14-23(27)24(28)17-21)25(32)8-7-16-31(36(4,34)35)22-12-9-19(2)10-13-22/h9-14,17,20H,5-8,15-16,18H2,1-4H3,(H,29,33)/t20-/m0/s1. The number of anilines is 1. The van der Waals surface area contributed by atoms with Crippen LogP contribution in [0.4, 0.5) is 5.69 Å². The van der Waals surface area contributed by atoms with E-state index in [1.54, 1.807) is 37.3 Å². The molecule has 0 bridgehead atoms. The zero-order chi connectivity index (χ0) is 26.9. The fraction of sp³-hybridized carbons (Fsp3) is 0.462. The normalized spacial score (nSPS) is 12.2. The minimum atomic E-state index is -3.53. The van der Waals surface area contributed by atoms with Crippen LogP contribution in [0, 0.1) is 6.92 Å². The Bertz CT molecular complexity index is 1140. The van der Waals surface area contributed by atoms with Crippen LogP contribution in [0.3, 0.4) is 0 Å². The summed E-state index contributed by atoms with van der Waals surface area (Å²) in [6.45, 7) is 6.50. The maximum atomic E-state index is 13.3. The molecule has 2 aromatic rings. The average molecular weight is 557 g/mol. The van der Waals surface area contributed by atoms with Crippen LogP contribution in [-0.2, 0) is 26.2 Å². The van der Waals surface area contributed by atoms with E-state index in [9.17, 15) is 18.0 Å². The Morgan fingerprint density at radius 1 is 1.03 bits per heavy atom. The van der Waals surface area contributed by atoms with Crippen molar-refractivity contribution in [2.24, 2.45) is 0 Å². The second-order valence-corrected chi connectivity index (χ2v) is 11.6. The topological polar surface area (TPSA) is 86.8 Å². The number of aryl methyl sites for hydroxylation is 1. The molecule has 0 saturated carbocycles. The van der Waals surface area contributed by atoms with Gasteiger partial charge in [0.15, 0.2) is 0 Å². The number of hydrogen-bond acceptors (Lipinski definition) is 4. The van der Waals surface area contributed by atoms with E-state index in [-0.39, 0.29) is 31.3 Å². The van der Waals surface area contributed by atoms with Crippen LogP contribution in [0.5, 0.6) is 0 Å². The van der Waals surface area contributed by atoms with Crippen molar-refractivity contribution in [2.75, 3.05) is 23.7 Å². The summed E-state index contributed by atoms with van der Waals surface area (Å²) in [5, 5.41) is 3.65. The smallest absolute Gasteiger partial charge is 0.242 e. The zero-order valence-electron chi connectivity index (χ0n) is 21.3. The van der Waals surface area contributed by atoms with Crippen LogP contribution in [0.2, 0.25) is 10.0 Å². The molecule has 10 heteroatoms. The van der Waals surface area contributed by atoms with Crippen molar-refractivity contribution in [1.29, 1.82) is 0 Å². The monoisotopic (exact) mass is 555 g/mol. The van der Waals surface area contributed by atoms with Gasteiger partial charge in [-0.1, -0.05) is 60.3 Å². The van der Waals surface area contributed by atoms with Crippen molar-refractivity contribution in [3.8, 4) is 0 Å². The number of nitrogens with zero attached hydrogens (tertiary/aromatic N) is 2. The number of rotatable bonds is 13. The molecule has 0 aliphatic heterocycles. The first-order valence-corrected chi connectivity index (χ1v) is 14.6. The number of amides is 2. The number of hydrogen-bond donors (Lipinski definition) is 1. The molecule has 0 aliphatic rings. The maximum absolute atomic E-state index is 13.3. The van der Waals surface area contributed by atoms with Gasteiger partial charge in [0.1, 0.15) is 6.04 Å². The highest BCUT2D eigenvalue weighted by Gasteiger charge is 2.26. The SMILES string of the molecule is CCCCNC(=O)[C@H](C)N(Cc1ccc(Cl)c(Cl)c1)C(=O)CCCN(c1ccc(C)cc1)S(C)(=O)=O. The lowest BCUT2D eigenvalue weighted by molar-refractivity contribution is -0.140. The zero-order valence-corrected chi connectivity index (χ0v) is 23.6. The molecule has 0 aliphatic carbocycles. The number of halogens is 2. The van der Waals surface area contributed by atoms with Crippen LogP contribution in [0.25, 0.3) is 0 Å². The van der Waals surface area contributed by atoms with Crippen LogP contribution < -0.4 is 9.62 Å². The fourth-order valence-electron chi connectivity index (χ4n) is 3.67. The summed E-state index contributed by atoms with van der Waals surface area (Å²) in [6, 6.07) is 11.6. The van der Waals surface area contributed by atoms with E-state index in [1.807, 2.05) is 26.0 Å². The van der Waals surface area contributed by atoms with E-state index in [4.69, 9.17) is 23.2 Å². The predicted molar refractivity (Wildman–Crippen MR) is 147 cm³/mol. The van der Waals surface area contributed by atoms with Crippen molar-refractivity contribution in [1.82, 2.24) is 10.2 Å². The first-order chi connectivity index (χ1) is 16.9. The van der Waals surface area contributed by atoms with Gasteiger partial charge in [-0.3, -0.25) is 13.9 Å². The molecule has 1 N–H and O–H groups in total. The van der Waals surface area contributed by atoms with Gasteiger partial charge in [0.05, 0.1) is 22.0 Å². The fourth-order valence-corrected chi connectivity index (χ4v) is 4.95. The molecule has 0 spiro atoms. The average Bonchev–Trinajstić information content (AvgIpc) is 2.82. The van der Waals surface area contributed by atoms with Gasteiger partial charge < -0.3 is 10.2 Å². The third-order valence-corrected chi connectivity index (χ3v) is 7.74. The van der Waals surface area contributed by atoms with E-state index in [1.165, 1.54) is 9.21 Å². The predicted octanol–water partition coefficient (Wildman–Crippen LogP) is 5.18. The molecule has 0 aromatic heterocycles. The Morgan fingerprint density at radius 3 is 2.28 bits per heavy atom. The third-order valence-electron chi connectivity index (χ3n) is 5.81. The molecular formula is C26H35Cl2N3O4S. The van der Waals surface area contributed by atoms with Crippen LogP contribution >= 0.6 is 23.2 Å². The van der Waals surface area contributed by atoms with Crippen molar-refractivity contribution >= 4 is 50.7 Å². The number of carbonyl (C=O) groups is 2. The second-order valence-electron chi connectivity index (χ2n) is 8.86. The van der Waals surface area contributed by atoms with Crippen LogP contribution in [0.15, 0.2) is 42.5 Å². The number of unbranched alkanes of at least 4 members (excludes halogenated alkanes) is 1. The van der Waals surface area contributed by atoms with Crippen molar-refractivity contribution in [3.63, 3.8) is 0 Å². The molecule has 0 fully saturated rings. The number of nitrogens with one attached hydrogen (secondary N) is 1. The number of sulfonamides is 1. The molecule has 2 rings (SSSR count). The molecule has 7 nitrogen and oxygen atoms in total. The molecule has 0 unspecified atom stereocenters. The van der Waals surface area contributed by atoms with E-state index < -0.39 is 16.1 Å². The summed E-state index contributed by atoms with van der Waals surface area (Å²) in [5.74, 6) is -0.495. The molecule has 0 radical (unpaired) electrons. The summed E-state index contributed by atoms with van der Waals surface area (Å²) in [7, 11) is -3.53. The van der Waals surface area contributed by atoms with E-state index in [0.717, 1.165) is 30.2 Å². The van der Waals surface area contributed by atoms with Gasteiger partial charge >= 0.3 is 0 Å². The van der Waals surface area contributed by atoms with Gasteiger partial charge in [-0.2, -0.15) is 0 Å². The molecule has 1 atom stereocenters. The first kappa shape index (κ1) is 29.9. The highest BCUT2D eigenvalue weighted by atomic mass is 35.5. The summed E-state index contributed by atoms with van der Waals surface area (Å²) < 4.78 is 26.1. The lowest BCUT2D eigenvalue weighted by Crippen LogP contribution is -2.48. The minimum absolute atomic E-state index is 0.0752.